The van der Waals surface area contributed by atoms with E-state index in [2.05, 4.69) is 18.2 Å². The molecule has 1 aliphatic carbocycles. The van der Waals surface area contributed by atoms with Crippen molar-refractivity contribution in [2.45, 2.75) is 5.92 Å². The second-order valence-electron chi connectivity index (χ2n) is 7.27. The number of quaternary nitrogens is 1. The van der Waals surface area contributed by atoms with Crippen LogP contribution in [0.2, 0.25) is 0 Å². The van der Waals surface area contributed by atoms with Crippen LogP contribution in [-0.2, 0) is 0 Å². The number of fused-ring (bicyclic) bond motifs is 1. The van der Waals surface area contributed by atoms with E-state index in [4.69, 9.17) is 14.9 Å². The van der Waals surface area contributed by atoms with Crippen molar-refractivity contribution < 1.29 is 14.4 Å². The first-order valence-corrected chi connectivity index (χ1v) is 9.01. The molecule has 142 valence electrons. The molecule has 1 saturated carbocycles. The fraction of sp³-hybridized carbons (Fsp3) is 0.429. The number of likely N-dealkylation sites (N-methyl/N-ethyl adjacent to an activating group) is 1. The molecule has 3 rings (SSSR count). The molecule has 2 aliphatic rings. The summed E-state index contributed by atoms with van der Waals surface area (Å²) in [6, 6.07) is 11.6. The van der Waals surface area contributed by atoms with Gasteiger partial charge in [0.1, 0.15) is 17.4 Å². The average molecular weight is 376 g/mol. The van der Waals surface area contributed by atoms with Gasteiger partial charge in [-0.15, -0.1) is 0 Å². The zero-order valence-corrected chi connectivity index (χ0v) is 16.1. The minimum absolute atomic E-state index is 0.156. The Bertz CT molecular complexity index is 948. The monoisotopic (exact) mass is 376 g/mol. The number of rotatable bonds is 3. The van der Waals surface area contributed by atoms with Crippen LogP contribution in [0.3, 0.4) is 0 Å². The standard InChI is InChI=1S/C21H21N5O2/c1-26-7-6-14-16(9-22)20(25)21(11-23,12-24)19(17(14)10-26)15-8-13(27-2)4-5-18(15)28-3/h4-6,8,16-17,19,25H,7,10H2,1-3H3/p+1/t16?,17-,19-/m1/s1. The van der Waals surface area contributed by atoms with Crippen molar-refractivity contribution in [2.24, 2.45) is 17.3 Å². The van der Waals surface area contributed by atoms with E-state index in [1.54, 1.807) is 25.3 Å². The van der Waals surface area contributed by atoms with Crippen LogP contribution in [0.1, 0.15) is 11.5 Å². The summed E-state index contributed by atoms with van der Waals surface area (Å²) in [4.78, 5) is 1.22. The molecule has 0 saturated heterocycles. The molecule has 28 heavy (non-hydrogen) atoms. The number of nitriles is 3. The second kappa shape index (κ2) is 7.35. The van der Waals surface area contributed by atoms with Crippen LogP contribution in [0.15, 0.2) is 29.8 Å². The van der Waals surface area contributed by atoms with E-state index in [0.29, 0.717) is 23.6 Å². The van der Waals surface area contributed by atoms with Crippen molar-refractivity contribution in [3.05, 3.63) is 35.4 Å². The third-order valence-corrected chi connectivity index (χ3v) is 5.85. The highest BCUT2D eigenvalue weighted by atomic mass is 16.5. The van der Waals surface area contributed by atoms with E-state index in [9.17, 15) is 15.8 Å². The molecule has 0 radical (unpaired) electrons. The summed E-state index contributed by atoms with van der Waals surface area (Å²) in [5.41, 5.74) is -0.428. The minimum atomic E-state index is -1.75. The summed E-state index contributed by atoms with van der Waals surface area (Å²) >= 11 is 0. The number of benzene rings is 1. The Balaban J connectivity index is 2.33. The van der Waals surface area contributed by atoms with E-state index in [1.807, 2.05) is 13.1 Å². The van der Waals surface area contributed by atoms with Crippen LogP contribution in [0.5, 0.6) is 11.5 Å². The predicted octanol–water partition coefficient (Wildman–Crippen LogP) is 1.07. The van der Waals surface area contributed by atoms with Crippen molar-refractivity contribution in [3.63, 3.8) is 0 Å². The third kappa shape index (κ3) is 2.71. The third-order valence-electron chi connectivity index (χ3n) is 5.85. The van der Waals surface area contributed by atoms with Gasteiger partial charge in [0.15, 0.2) is 5.41 Å². The Morgan fingerprint density at radius 3 is 2.46 bits per heavy atom. The van der Waals surface area contributed by atoms with Gasteiger partial charge >= 0.3 is 0 Å². The van der Waals surface area contributed by atoms with Crippen LogP contribution < -0.4 is 14.4 Å². The molecule has 1 aromatic carbocycles. The molecule has 7 nitrogen and oxygen atoms in total. The summed E-state index contributed by atoms with van der Waals surface area (Å²) < 4.78 is 10.9. The smallest absolute Gasteiger partial charge is 0.190 e. The number of nitrogens with one attached hydrogen (secondary N) is 2. The summed E-state index contributed by atoms with van der Waals surface area (Å²) in [5, 5.41) is 38.5. The molecule has 4 atom stereocenters. The lowest BCUT2D eigenvalue weighted by atomic mass is 9.54. The van der Waals surface area contributed by atoms with Crippen LogP contribution in [0.25, 0.3) is 0 Å². The summed E-state index contributed by atoms with van der Waals surface area (Å²) in [5.74, 6) is -0.604. The van der Waals surface area contributed by atoms with Gasteiger partial charge in [0.05, 0.1) is 58.3 Å². The number of hydrogen-bond acceptors (Lipinski definition) is 6. The normalized spacial score (nSPS) is 28.0. The summed E-state index contributed by atoms with van der Waals surface area (Å²) in [6.07, 6.45) is 1.99. The molecule has 0 amide bonds. The highest BCUT2D eigenvalue weighted by molar-refractivity contribution is 6.01. The van der Waals surface area contributed by atoms with E-state index in [0.717, 1.165) is 12.1 Å². The fourth-order valence-electron chi connectivity index (χ4n) is 4.48. The van der Waals surface area contributed by atoms with Gasteiger partial charge in [-0.1, -0.05) is 0 Å². The van der Waals surface area contributed by atoms with Gasteiger partial charge in [-0.2, -0.15) is 15.8 Å². The molecule has 0 spiro atoms. The zero-order chi connectivity index (χ0) is 20.5. The van der Waals surface area contributed by atoms with E-state index < -0.39 is 17.3 Å². The molecular formula is C21H22N5O2+. The van der Waals surface area contributed by atoms with Crippen molar-refractivity contribution in [1.82, 2.24) is 0 Å². The molecule has 1 aliphatic heterocycles. The van der Waals surface area contributed by atoms with Gasteiger partial charge in [-0.25, -0.2) is 0 Å². The van der Waals surface area contributed by atoms with Crippen LogP contribution in [-0.4, -0.2) is 40.1 Å². The Morgan fingerprint density at radius 1 is 1.18 bits per heavy atom. The van der Waals surface area contributed by atoms with Gasteiger partial charge in [0.2, 0.25) is 0 Å². The van der Waals surface area contributed by atoms with Crippen molar-refractivity contribution >= 4 is 5.71 Å². The SMILES string of the molecule is COc1ccc(OC)c([C@@H]2[C@@H]3C[NH+](C)CC=C3C(C#N)C(=N)C2(C#N)C#N)c1. The molecule has 1 aromatic rings. The highest BCUT2D eigenvalue weighted by Gasteiger charge is 2.59. The summed E-state index contributed by atoms with van der Waals surface area (Å²) in [6.45, 7) is 1.40. The molecule has 1 heterocycles. The Labute approximate surface area is 164 Å². The average Bonchev–Trinajstić information content (AvgIpc) is 2.72. The highest BCUT2D eigenvalue weighted by Crippen LogP contribution is 2.54. The van der Waals surface area contributed by atoms with E-state index >= 15 is 0 Å². The lowest BCUT2D eigenvalue weighted by molar-refractivity contribution is -0.878. The largest absolute Gasteiger partial charge is 0.497 e. The first kappa shape index (κ1) is 19.4. The lowest BCUT2D eigenvalue weighted by Crippen LogP contribution is -3.10. The maximum atomic E-state index is 10.1. The molecule has 0 bridgehead atoms. The minimum Gasteiger partial charge on any atom is -0.497 e. The molecule has 2 N–H and O–H groups in total. The maximum absolute atomic E-state index is 10.1. The van der Waals surface area contributed by atoms with E-state index in [-0.39, 0.29) is 11.6 Å². The Morgan fingerprint density at radius 2 is 1.89 bits per heavy atom. The molecule has 2 unspecified atom stereocenters. The van der Waals surface area contributed by atoms with Gasteiger partial charge < -0.3 is 19.8 Å². The number of methoxy groups -OCH3 is 2. The molecule has 0 aromatic heterocycles. The zero-order valence-electron chi connectivity index (χ0n) is 16.1. The number of hydrogen-bond donors (Lipinski definition) is 2. The van der Waals surface area contributed by atoms with Crippen LogP contribution >= 0.6 is 0 Å². The second-order valence-corrected chi connectivity index (χ2v) is 7.27. The molecule has 1 fully saturated rings. The van der Waals surface area contributed by atoms with Gasteiger partial charge in [-0.05, 0) is 29.8 Å². The first-order valence-electron chi connectivity index (χ1n) is 9.01. The van der Waals surface area contributed by atoms with Crippen LogP contribution in [0.4, 0.5) is 0 Å². The molecular weight excluding hydrogens is 354 g/mol. The maximum Gasteiger partial charge on any atom is 0.190 e. The Hall–Kier alpha value is -3.34. The van der Waals surface area contributed by atoms with Crippen molar-refractivity contribution in [1.29, 1.82) is 21.2 Å². The van der Waals surface area contributed by atoms with Crippen molar-refractivity contribution in [2.75, 3.05) is 34.4 Å². The van der Waals surface area contributed by atoms with Gasteiger partial charge in [-0.3, -0.25) is 0 Å². The quantitative estimate of drug-likeness (QED) is 0.765. The van der Waals surface area contributed by atoms with Gasteiger partial charge in [0.25, 0.3) is 0 Å². The number of ether oxygens (including phenoxy) is 2. The van der Waals surface area contributed by atoms with Crippen LogP contribution in [0, 0.1) is 56.7 Å². The first-order chi connectivity index (χ1) is 13.5. The van der Waals surface area contributed by atoms with Gasteiger partial charge in [0, 0.05) is 17.4 Å². The molecule has 7 heteroatoms. The summed E-state index contributed by atoms with van der Waals surface area (Å²) in [7, 11) is 5.12. The van der Waals surface area contributed by atoms with Crippen molar-refractivity contribution in [3.8, 4) is 29.7 Å². The Kier molecular flexibility index (Phi) is 5.10. The van der Waals surface area contributed by atoms with E-state index in [1.165, 1.54) is 12.0 Å². The number of nitrogens with zero attached hydrogens (tertiary/aromatic N) is 3. The topological polar surface area (TPSA) is 118 Å². The lowest BCUT2D eigenvalue weighted by Gasteiger charge is -2.46. The predicted molar refractivity (Wildman–Crippen MR) is 101 cm³/mol. The fourth-order valence-corrected chi connectivity index (χ4v) is 4.48.